The van der Waals surface area contributed by atoms with Gasteiger partial charge in [-0.3, -0.25) is 9.59 Å². The molecule has 0 aliphatic carbocycles. The highest BCUT2D eigenvalue weighted by atomic mass is 16.6. The Morgan fingerprint density at radius 3 is 1.80 bits per heavy atom. The predicted octanol–water partition coefficient (Wildman–Crippen LogP) is 9.44. The van der Waals surface area contributed by atoms with E-state index in [0.29, 0.717) is 19.3 Å². The molecular weight excluding hydrogens is 564 g/mol. The predicted molar refractivity (Wildman–Crippen MR) is 188 cm³/mol. The van der Waals surface area contributed by atoms with E-state index >= 15 is 0 Å². The van der Waals surface area contributed by atoms with Crippen molar-refractivity contribution in [2.45, 2.75) is 142 Å². The van der Waals surface area contributed by atoms with Crippen molar-refractivity contribution in [2.75, 3.05) is 13.2 Å². The molecule has 0 aromatic heterocycles. The molecule has 0 bridgehead atoms. The molecule has 256 valence electrons. The lowest BCUT2D eigenvalue weighted by Gasteiger charge is -2.12. The van der Waals surface area contributed by atoms with Gasteiger partial charge < -0.3 is 19.7 Å². The van der Waals surface area contributed by atoms with Gasteiger partial charge in [-0.1, -0.05) is 145 Å². The first-order valence-electron chi connectivity index (χ1n) is 17.5. The summed E-state index contributed by atoms with van der Waals surface area (Å²) in [5.41, 5.74) is 0. The molecule has 0 amide bonds. The maximum absolute atomic E-state index is 11.9. The summed E-state index contributed by atoms with van der Waals surface area (Å²) in [5.74, 6) is 0.0980. The zero-order valence-corrected chi connectivity index (χ0v) is 28.6. The van der Waals surface area contributed by atoms with Gasteiger partial charge in [0.1, 0.15) is 19.3 Å². The van der Waals surface area contributed by atoms with Crippen molar-refractivity contribution < 1.29 is 29.3 Å². The van der Waals surface area contributed by atoms with E-state index in [-0.39, 0.29) is 31.6 Å². The molecule has 0 fully saturated rings. The molecule has 0 aliphatic rings. The summed E-state index contributed by atoms with van der Waals surface area (Å²) in [4.78, 5) is 23.8. The van der Waals surface area contributed by atoms with E-state index in [1.165, 1.54) is 38.5 Å². The molecule has 45 heavy (non-hydrogen) atoms. The highest BCUT2D eigenvalue weighted by molar-refractivity contribution is 5.70. The number of aliphatic hydroxyl groups excluding tert-OH is 2. The summed E-state index contributed by atoms with van der Waals surface area (Å²) in [6.07, 6.45) is 38.6. The fraction of sp³-hybridized carbons (Fsp3) is 0.641. The van der Waals surface area contributed by atoms with E-state index < -0.39 is 12.2 Å². The molecule has 6 heteroatoms. The first-order valence-corrected chi connectivity index (χ1v) is 17.5. The molecule has 0 rings (SSSR count). The summed E-state index contributed by atoms with van der Waals surface area (Å²) >= 11 is 0. The first-order chi connectivity index (χ1) is 21.8. The Bertz CT molecular complexity index is 880. The molecule has 0 saturated carbocycles. The first kappa shape index (κ1) is 42.3. The number of carbonyl (C=O) groups excluding carboxylic acids is 2. The third-order valence-corrected chi connectivity index (χ3v) is 6.98. The molecule has 0 spiro atoms. The highest BCUT2D eigenvalue weighted by Crippen LogP contribution is 2.13. The van der Waals surface area contributed by atoms with E-state index in [0.717, 1.165) is 50.9 Å². The average molecular weight is 629 g/mol. The monoisotopic (exact) mass is 628 g/mol. The number of hydrogen-bond acceptors (Lipinski definition) is 6. The Kier molecular flexibility index (Phi) is 30.7. The second-order valence-electron chi connectivity index (χ2n) is 11.9. The van der Waals surface area contributed by atoms with Crippen molar-refractivity contribution in [3.63, 3.8) is 0 Å². The average Bonchev–Trinajstić information content (AvgIpc) is 3.01. The molecule has 0 heterocycles. The van der Waals surface area contributed by atoms with Crippen LogP contribution in [0.15, 0.2) is 72.9 Å². The maximum Gasteiger partial charge on any atom is 0.306 e. The lowest BCUT2D eigenvalue weighted by Crippen LogP contribution is -2.25. The Hall–Kier alpha value is -2.70. The van der Waals surface area contributed by atoms with Gasteiger partial charge in [-0.05, 0) is 50.9 Å². The van der Waals surface area contributed by atoms with Gasteiger partial charge in [0.05, 0.1) is 6.10 Å². The molecular formula is C39H64O6. The summed E-state index contributed by atoms with van der Waals surface area (Å²) in [6.45, 7) is 6.32. The minimum absolute atomic E-state index is 0.156. The Labute approximate surface area is 275 Å². The van der Waals surface area contributed by atoms with Crippen LogP contribution in [0, 0.1) is 5.92 Å². The summed E-state index contributed by atoms with van der Waals surface area (Å²) in [5, 5.41) is 19.9. The molecule has 0 radical (unpaired) electrons. The van der Waals surface area contributed by atoms with E-state index in [1.807, 2.05) is 36.5 Å². The van der Waals surface area contributed by atoms with Crippen LogP contribution in [-0.2, 0) is 19.1 Å². The number of aliphatic hydroxyl groups is 2. The SMILES string of the molecule is CC/C=C\C/C=C\CC(O)/C=C/C=C\C/C=C\C/C=C\CCC(=O)OC[C@H](O)COC(=O)CCCCCCCCCCC(C)C. The van der Waals surface area contributed by atoms with Crippen LogP contribution in [-0.4, -0.2) is 47.6 Å². The third kappa shape index (κ3) is 34.0. The van der Waals surface area contributed by atoms with Crippen LogP contribution >= 0.6 is 0 Å². The van der Waals surface area contributed by atoms with E-state index in [9.17, 15) is 19.8 Å². The summed E-state index contributed by atoms with van der Waals surface area (Å²) in [7, 11) is 0. The zero-order valence-electron chi connectivity index (χ0n) is 28.6. The molecule has 0 saturated heterocycles. The van der Waals surface area contributed by atoms with Crippen LogP contribution < -0.4 is 0 Å². The van der Waals surface area contributed by atoms with Crippen molar-refractivity contribution in [3.8, 4) is 0 Å². The van der Waals surface area contributed by atoms with Gasteiger partial charge in [-0.2, -0.15) is 0 Å². The molecule has 0 aromatic carbocycles. The van der Waals surface area contributed by atoms with E-state index in [1.54, 1.807) is 6.08 Å². The third-order valence-electron chi connectivity index (χ3n) is 6.98. The lowest BCUT2D eigenvalue weighted by molar-refractivity contribution is -0.152. The topological polar surface area (TPSA) is 93.1 Å². The van der Waals surface area contributed by atoms with Crippen LogP contribution in [0.4, 0.5) is 0 Å². The summed E-state index contributed by atoms with van der Waals surface area (Å²) < 4.78 is 10.2. The van der Waals surface area contributed by atoms with Crippen LogP contribution in [0.1, 0.15) is 130 Å². The fourth-order valence-corrected chi connectivity index (χ4v) is 4.32. The van der Waals surface area contributed by atoms with Crippen LogP contribution in [0.2, 0.25) is 0 Å². The summed E-state index contributed by atoms with van der Waals surface area (Å²) in [6, 6.07) is 0. The number of esters is 2. The van der Waals surface area contributed by atoms with Crippen molar-refractivity contribution in [3.05, 3.63) is 72.9 Å². The number of allylic oxidation sites excluding steroid dienone is 10. The van der Waals surface area contributed by atoms with Gasteiger partial charge in [0, 0.05) is 12.8 Å². The van der Waals surface area contributed by atoms with Crippen LogP contribution in [0.5, 0.6) is 0 Å². The van der Waals surface area contributed by atoms with Crippen molar-refractivity contribution >= 4 is 11.9 Å². The van der Waals surface area contributed by atoms with Gasteiger partial charge in [0.2, 0.25) is 0 Å². The molecule has 2 N–H and O–H groups in total. The van der Waals surface area contributed by atoms with Gasteiger partial charge in [0.15, 0.2) is 0 Å². The van der Waals surface area contributed by atoms with Crippen molar-refractivity contribution in [2.24, 2.45) is 5.92 Å². The Morgan fingerprint density at radius 1 is 0.622 bits per heavy atom. The smallest absolute Gasteiger partial charge is 0.306 e. The lowest BCUT2D eigenvalue weighted by atomic mass is 10.0. The largest absolute Gasteiger partial charge is 0.463 e. The maximum atomic E-state index is 11.9. The molecule has 6 nitrogen and oxygen atoms in total. The molecule has 2 atom stereocenters. The molecule has 0 aliphatic heterocycles. The molecule has 1 unspecified atom stereocenters. The van der Waals surface area contributed by atoms with Crippen molar-refractivity contribution in [1.82, 2.24) is 0 Å². The normalized spacial score (nSPS) is 13.9. The van der Waals surface area contributed by atoms with Gasteiger partial charge >= 0.3 is 11.9 Å². The Morgan fingerprint density at radius 2 is 1.16 bits per heavy atom. The number of carbonyl (C=O) groups is 2. The number of ether oxygens (including phenoxy) is 2. The number of rotatable bonds is 29. The highest BCUT2D eigenvalue weighted by Gasteiger charge is 2.11. The quantitative estimate of drug-likeness (QED) is 0.0371. The van der Waals surface area contributed by atoms with E-state index in [4.69, 9.17) is 9.47 Å². The minimum atomic E-state index is -1.01. The van der Waals surface area contributed by atoms with Gasteiger partial charge in [-0.15, -0.1) is 0 Å². The van der Waals surface area contributed by atoms with Crippen LogP contribution in [0.25, 0.3) is 0 Å². The second kappa shape index (κ2) is 32.7. The molecule has 0 aromatic rings. The number of unbranched alkanes of at least 4 members (excludes halogenated alkanes) is 7. The van der Waals surface area contributed by atoms with Crippen molar-refractivity contribution in [1.29, 1.82) is 0 Å². The van der Waals surface area contributed by atoms with Gasteiger partial charge in [0.25, 0.3) is 0 Å². The van der Waals surface area contributed by atoms with E-state index in [2.05, 4.69) is 51.2 Å². The standard InChI is InChI=1S/C39H64O6/c1-4-5-6-7-19-24-29-36(40)30-25-20-15-10-8-9-11-16-21-26-31-38(42)44-33-37(41)34-45-39(43)32-27-22-17-13-12-14-18-23-28-35(2)3/h5-6,8-9,15-16,19-21,24-25,30,35-37,40-41H,4,7,10-14,17-18,22-23,26-29,31-34H2,1-3H3/b6-5-,9-8-,20-15-,21-16-,24-19-,30-25+/t36?,37-/m0/s1. The Balaban J connectivity index is 3.71. The number of hydrogen-bond donors (Lipinski definition) is 2. The van der Waals surface area contributed by atoms with Gasteiger partial charge in [-0.25, -0.2) is 0 Å². The minimum Gasteiger partial charge on any atom is -0.463 e. The second-order valence-corrected chi connectivity index (χ2v) is 11.9. The van der Waals surface area contributed by atoms with Crippen LogP contribution in [0.3, 0.4) is 0 Å². The zero-order chi connectivity index (χ0) is 33.2. The fourth-order valence-electron chi connectivity index (χ4n) is 4.32.